The van der Waals surface area contributed by atoms with Crippen LogP contribution < -0.4 is 5.32 Å². The van der Waals surface area contributed by atoms with E-state index in [1.165, 1.54) is 0 Å². The Hall–Kier alpha value is -0.910. The van der Waals surface area contributed by atoms with Crippen molar-refractivity contribution >= 4 is 17.3 Å². The Bertz CT molecular complexity index is 340. The van der Waals surface area contributed by atoms with Crippen LogP contribution in [0, 0.1) is 0 Å². The molecule has 0 saturated carbocycles. The molecule has 4 nitrogen and oxygen atoms in total. The number of nitrogens with one attached hydrogen (secondary N) is 1. The van der Waals surface area contributed by atoms with Crippen LogP contribution >= 0.6 is 11.3 Å². The Balaban J connectivity index is 2.10. The van der Waals surface area contributed by atoms with Crippen molar-refractivity contribution in [1.29, 1.82) is 0 Å². The van der Waals surface area contributed by atoms with E-state index in [0.29, 0.717) is 0 Å². The third-order valence-corrected chi connectivity index (χ3v) is 3.78. The van der Waals surface area contributed by atoms with Crippen molar-refractivity contribution < 1.29 is 15.0 Å². The van der Waals surface area contributed by atoms with Gasteiger partial charge in [0.25, 0.3) is 0 Å². The number of rotatable bonds is 9. The van der Waals surface area contributed by atoms with Crippen LogP contribution in [0.4, 0.5) is 0 Å². The first-order valence-electron chi connectivity index (χ1n) is 6.28. The third kappa shape index (κ3) is 5.62. The highest BCUT2D eigenvalue weighted by molar-refractivity contribution is 7.10. The second-order valence-corrected chi connectivity index (χ2v) is 5.39. The fraction of sp³-hybridized carbons (Fsp3) is 0.615. The average molecular weight is 271 g/mol. The minimum atomic E-state index is -0.732. The number of hydrogen-bond acceptors (Lipinski definition) is 4. The number of aliphatic hydroxyl groups is 1. The Labute approximate surface area is 112 Å². The van der Waals surface area contributed by atoms with Gasteiger partial charge >= 0.3 is 5.97 Å². The lowest BCUT2D eigenvalue weighted by Crippen LogP contribution is -2.32. The SMILES string of the molecule is CC(NCCCCCC(=O)O)C(O)c1cccs1. The molecule has 102 valence electrons. The maximum atomic E-state index is 10.3. The summed E-state index contributed by atoms with van der Waals surface area (Å²) in [5, 5.41) is 23.7. The highest BCUT2D eigenvalue weighted by Gasteiger charge is 2.16. The van der Waals surface area contributed by atoms with Gasteiger partial charge in [0.1, 0.15) is 6.10 Å². The quantitative estimate of drug-likeness (QED) is 0.603. The van der Waals surface area contributed by atoms with Crippen molar-refractivity contribution in [2.24, 2.45) is 0 Å². The molecule has 5 heteroatoms. The van der Waals surface area contributed by atoms with E-state index in [2.05, 4.69) is 5.32 Å². The summed E-state index contributed by atoms with van der Waals surface area (Å²) in [5.74, 6) is -0.732. The first kappa shape index (κ1) is 15.1. The van der Waals surface area contributed by atoms with Crippen LogP contribution in [0.15, 0.2) is 17.5 Å². The second kappa shape index (κ2) is 8.24. The summed E-state index contributed by atoms with van der Waals surface area (Å²) in [7, 11) is 0. The van der Waals surface area contributed by atoms with Crippen LogP contribution in [0.25, 0.3) is 0 Å². The average Bonchev–Trinajstić information content (AvgIpc) is 2.85. The van der Waals surface area contributed by atoms with Gasteiger partial charge in [-0.05, 0) is 37.8 Å². The Morgan fingerprint density at radius 3 is 2.83 bits per heavy atom. The molecule has 1 rings (SSSR count). The fourth-order valence-corrected chi connectivity index (χ4v) is 2.54. The Morgan fingerprint density at radius 2 is 2.22 bits per heavy atom. The molecule has 1 aromatic heterocycles. The number of carbonyl (C=O) groups is 1. The second-order valence-electron chi connectivity index (χ2n) is 4.41. The third-order valence-electron chi connectivity index (χ3n) is 2.84. The maximum Gasteiger partial charge on any atom is 0.303 e. The normalized spacial score (nSPS) is 14.3. The summed E-state index contributed by atoms with van der Waals surface area (Å²) < 4.78 is 0. The zero-order valence-corrected chi connectivity index (χ0v) is 11.4. The lowest BCUT2D eigenvalue weighted by Gasteiger charge is -2.19. The summed E-state index contributed by atoms with van der Waals surface area (Å²) in [6, 6.07) is 3.88. The number of aliphatic carboxylic acids is 1. The predicted octanol–water partition coefficient (Wildman–Crippen LogP) is 2.40. The molecular weight excluding hydrogens is 250 g/mol. The standard InChI is InChI=1S/C13H21NO3S/c1-10(13(17)11-6-5-9-18-11)14-8-4-2-3-7-12(15)16/h5-6,9-10,13-14,17H,2-4,7-8H2,1H3,(H,15,16). The van der Waals surface area contributed by atoms with Crippen LogP contribution in [0.5, 0.6) is 0 Å². The summed E-state index contributed by atoms with van der Waals surface area (Å²) in [6.07, 6.45) is 2.34. The molecule has 0 spiro atoms. The van der Waals surface area contributed by atoms with Crippen molar-refractivity contribution in [2.45, 2.75) is 44.8 Å². The molecule has 0 aromatic carbocycles. The first-order valence-corrected chi connectivity index (χ1v) is 7.16. The minimum Gasteiger partial charge on any atom is -0.481 e. The van der Waals surface area contributed by atoms with Crippen LogP contribution in [0.2, 0.25) is 0 Å². The monoisotopic (exact) mass is 271 g/mol. The van der Waals surface area contributed by atoms with Crippen molar-refractivity contribution in [1.82, 2.24) is 5.32 Å². The van der Waals surface area contributed by atoms with Crippen LogP contribution in [-0.4, -0.2) is 28.8 Å². The molecule has 0 aliphatic heterocycles. The van der Waals surface area contributed by atoms with Gasteiger partial charge in [-0.1, -0.05) is 12.5 Å². The molecule has 0 aliphatic carbocycles. The topological polar surface area (TPSA) is 69.6 Å². The summed E-state index contributed by atoms with van der Waals surface area (Å²) in [4.78, 5) is 11.3. The minimum absolute atomic E-state index is 0.0168. The van der Waals surface area contributed by atoms with Crippen LogP contribution in [-0.2, 0) is 4.79 Å². The van der Waals surface area contributed by atoms with E-state index in [-0.39, 0.29) is 12.5 Å². The summed E-state index contributed by atoms with van der Waals surface area (Å²) in [5.41, 5.74) is 0. The van der Waals surface area contributed by atoms with Gasteiger partial charge in [0.2, 0.25) is 0 Å². The number of carboxylic acid groups (broad SMARTS) is 1. The molecule has 0 saturated heterocycles. The van der Waals surface area contributed by atoms with Gasteiger partial charge in [-0.15, -0.1) is 11.3 Å². The zero-order valence-electron chi connectivity index (χ0n) is 10.6. The van der Waals surface area contributed by atoms with Crippen molar-refractivity contribution in [3.63, 3.8) is 0 Å². The van der Waals surface area contributed by atoms with E-state index in [9.17, 15) is 9.90 Å². The van der Waals surface area contributed by atoms with Gasteiger partial charge in [-0.3, -0.25) is 4.79 Å². The Morgan fingerprint density at radius 1 is 1.44 bits per heavy atom. The van der Waals surface area contributed by atoms with Gasteiger partial charge in [0, 0.05) is 17.3 Å². The zero-order chi connectivity index (χ0) is 13.4. The molecule has 0 bridgehead atoms. The molecule has 2 atom stereocenters. The molecule has 2 unspecified atom stereocenters. The molecule has 3 N–H and O–H groups in total. The van der Waals surface area contributed by atoms with E-state index < -0.39 is 12.1 Å². The Kier molecular flexibility index (Phi) is 6.93. The molecular formula is C13H21NO3S. The predicted molar refractivity (Wildman–Crippen MR) is 72.8 cm³/mol. The number of unbranched alkanes of at least 4 members (excludes halogenated alkanes) is 2. The van der Waals surface area contributed by atoms with Crippen LogP contribution in [0.1, 0.15) is 43.6 Å². The van der Waals surface area contributed by atoms with Crippen LogP contribution in [0.3, 0.4) is 0 Å². The summed E-state index contributed by atoms with van der Waals surface area (Å²) in [6.45, 7) is 2.77. The lowest BCUT2D eigenvalue weighted by atomic mass is 10.1. The van der Waals surface area contributed by atoms with Gasteiger partial charge < -0.3 is 15.5 Å². The molecule has 1 heterocycles. The van der Waals surface area contributed by atoms with Gasteiger partial charge in [-0.2, -0.15) is 0 Å². The van der Waals surface area contributed by atoms with Gasteiger partial charge in [0.15, 0.2) is 0 Å². The van der Waals surface area contributed by atoms with Gasteiger partial charge in [-0.25, -0.2) is 0 Å². The highest BCUT2D eigenvalue weighted by atomic mass is 32.1. The van der Waals surface area contributed by atoms with E-state index >= 15 is 0 Å². The highest BCUT2D eigenvalue weighted by Crippen LogP contribution is 2.21. The smallest absolute Gasteiger partial charge is 0.303 e. The molecule has 1 aromatic rings. The lowest BCUT2D eigenvalue weighted by molar-refractivity contribution is -0.137. The first-order chi connectivity index (χ1) is 8.61. The fourth-order valence-electron chi connectivity index (χ4n) is 1.73. The van der Waals surface area contributed by atoms with Crippen molar-refractivity contribution in [2.75, 3.05) is 6.54 Å². The molecule has 0 fully saturated rings. The molecule has 0 aliphatic rings. The van der Waals surface area contributed by atoms with E-state index in [1.54, 1.807) is 11.3 Å². The number of hydrogen-bond donors (Lipinski definition) is 3. The maximum absolute atomic E-state index is 10.3. The molecule has 0 amide bonds. The molecule has 18 heavy (non-hydrogen) atoms. The van der Waals surface area contributed by atoms with Crippen molar-refractivity contribution in [3.8, 4) is 0 Å². The number of aliphatic hydroxyl groups excluding tert-OH is 1. The largest absolute Gasteiger partial charge is 0.481 e. The summed E-state index contributed by atoms with van der Waals surface area (Å²) >= 11 is 1.55. The number of thiophene rings is 1. The van der Waals surface area contributed by atoms with Gasteiger partial charge in [0.05, 0.1) is 0 Å². The number of carboxylic acids is 1. The van der Waals surface area contributed by atoms with E-state index in [1.807, 2.05) is 24.4 Å². The van der Waals surface area contributed by atoms with Crippen molar-refractivity contribution in [3.05, 3.63) is 22.4 Å². The van der Waals surface area contributed by atoms with E-state index in [0.717, 1.165) is 30.7 Å². The molecule has 0 radical (unpaired) electrons. The van der Waals surface area contributed by atoms with E-state index in [4.69, 9.17) is 5.11 Å².